The first-order chi connectivity index (χ1) is 9.13. The van der Waals surface area contributed by atoms with Crippen LogP contribution in [0.4, 0.5) is 0 Å². The number of likely N-dealkylation sites (N-methyl/N-ethyl adjacent to an activating group) is 1. The van der Waals surface area contributed by atoms with Gasteiger partial charge < -0.3 is 9.64 Å². The maximum atomic E-state index is 12.2. The summed E-state index contributed by atoms with van der Waals surface area (Å²) >= 11 is 1.26. The molecule has 1 amide bonds. The summed E-state index contributed by atoms with van der Waals surface area (Å²) < 4.78 is 5.92. The molecule has 2 heterocycles. The van der Waals surface area contributed by atoms with Gasteiger partial charge in [0.05, 0.1) is 12.8 Å². The molecule has 8 nitrogen and oxygen atoms in total. The average Bonchev–Trinajstić information content (AvgIpc) is 3.07. The van der Waals surface area contributed by atoms with Crippen molar-refractivity contribution in [3.63, 3.8) is 0 Å². The van der Waals surface area contributed by atoms with Gasteiger partial charge in [-0.3, -0.25) is 9.59 Å². The van der Waals surface area contributed by atoms with Crippen LogP contribution < -0.4 is 0 Å². The molecular weight excluding hydrogens is 270 g/mol. The molecule has 0 spiro atoms. The third-order valence-corrected chi connectivity index (χ3v) is 3.27. The lowest BCUT2D eigenvalue weighted by molar-refractivity contribution is -0.141. The Bertz CT molecular complexity index is 580. The zero-order valence-corrected chi connectivity index (χ0v) is 11.1. The molecule has 0 fully saturated rings. The fourth-order valence-corrected chi connectivity index (χ4v) is 2.29. The predicted octanol–water partition coefficient (Wildman–Crippen LogP) is -0.0312. The number of hydrogen-bond acceptors (Lipinski definition) is 7. The van der Waals surface area contributed by atoms with Crippen molar-refractivity contribution < 1.29 is 14.3 Å². The molecule has 2 aromatic heterocycles. The molecule has 9 heteroatoms. The van der Waals surface area contributed by atoms with Crippen LogP contribution in [0.15, 0.2) is 17.8 Å². The highest BCUT2D eigenvalue weighted by molar-refractivity contribution is 7.12. The fourth-order valence-electron chi connectivity index (χ4n) is 1.42. The minimum atomic E-state index is -0.476. The number of esters is 1. The third kappa shape index (κ3) is 2.76. The van der Waals surface area contributed by atoms with Crippen molar-refractivity contribution in [2.75, 3.05) is 20.7 Å². The van der Waals surface area contributed by atoms with Gasteiger partial charge in [0.15, 0.2) is 0 Å². The maximum Gasteiger partial charge on any atom is 0.325 e. The highest BCUT2D eigenvalue weighted by atomic mass is 32.1. The molecule has 2 aromatic rings. The quantitative estimate of drug-likeness (QED) is 0.731. The van der Waals surface area contributed by atoms with E-state index in [-0.39, 0.29) is 12.5 Å². The third-order valence-electron chi connectivity index (χ3n) is 2.38. The summed E-state index contributed by atoms with van der Waals surface area (Å²) in [5, 5.41) is 12.5. The van der Waals surface area contributed by atoms with Crippen molar-refractivity contribution in [1.82, 2.24) is 25.1 Å². The fraction of sp³-hybridized carbons (Fsp3) is 0.300. The number of aromatic nitrogens is 4. The maximum absolute atomic E-state index is 12.2. The summed E-state index contributed by atoms with van der Waals surface area (Å²) in [4.78, 5) is 25.1. The normalized spacial score (nSPS) is 10.2. The van der Waals surface area contributed by atoms with Crippen LogP contribution in [0.2, 0.25) is 0 Å². The molecule has 0 saturated heterocycles. The SMILES string of the molecule is COC(=O)CN(C)C(=O)c1sccc1-n1cnnn1. The van der Waals surface area contributed by atoms with E-state index in [2.05, 4.69) is 20.3 Å². The van der Waals surface area contributed by atoms with Crippen LogP contribution in [0.25, 0.3) is 5.69 Å². The Morgan fingerprint density at radius 1 is 1.53 bits per heavy atom. The van der Waals surface area contributed by atoms with E-state index in [0.29, 0.717) is 10.6 Å². The number of rotatable bonds is 4. The van der Waals surface area contributed by atoms with Gasteiger partial charge in [0, 0.05) is 7.05 Å². The minimum Gasteiger partial charge on any atom is -0.468 e. The molecule has 0 aliphatic carbocycles. The molecule has 0 saturated carbocycles. The molecule has 0 radical (unpaired) electrons. The van der Waals surface area contributed by atoms with Crippen molar-refractivity contribution in [2.45, 2.75) is 0 Å². The second-order valence-electron chi connectivity index (χ2n) is 3.63. The van der Waals surface area contributed by atoms with Crippen molar-refractivity contribution in [1.29, 1.82) is 0 Å². The number of amides is 1. The summed E-state index contributed by atoms with van der Waals surface area (Å²) in [6, 6.07) is 1.74. The smallest absolute Gasteiger partial charge is 0.325 e. The summed E-state index contributed by atoms with van der Waals surface area (Å²) in [5.41, 5.74) is 0.580. The van der Waals surface area contributed by atoms with E-state index in [4.69, 9.17) is 0 Å². The Balaban J connectivity index is 2.21. The molecule has 0 aromatic carbocycles. The van der Waals surface area contributed by atoms with E-state index >= 15 is 0 Å². The van der Waals surface area contributed by atoms with E-state index in [1.807, 2.05) is 0 Å². The highest BCUT2D eigenvalue weighted by Gasteiger charge is 2.21. The van der Waals surface area contributed by atoms with Gasteiger partial charge >= 0.3 is 5.97 Å². The van der Waals surface area contributed by atoms with E-state index in [1.165, 1.54) is 41.4 Å². The summed E-state index contributed by atoms with van der Waals surface area (Å²) in [5.74, 6) is -0.762. The van der Waals surface area contributed by atoms with Crippen molar-refractivity contribution in [2.24, 2.45) is 0 Å². The lowest BCUT2D eigenvalue weighted by Gasteiger charge is -2.15. The topological polar surface area (TPSA) is 90.2 Å². The van der Waals surface area contributed by atoms with Crippen LogP contribution in [0.1, 0.15) is 9.67 Å². The Labute approximate surface area is 112 Å². The van der Waals surface area contributed by atoms with Gasteiger partial charge in [0.25, 0.3) is 5.91 Å². The standard InChI is InChI=1S/C10H11N5O3S/c1-14(5-8(16)18-2)10(17)9-7(3-4-19-9)15-6-11-12-13-15/h3-4,6H,5H2,1-2H3. The molecule has 0 bridgehead atoms. The summed E-state index contributed by atoms with van der Waals surface area (Å²) in [6.07, 6.45) is 1.40. The summed E-state index contributed by atoms with van der Waals surface area (Å²) in [7, 11) is 2.81. The molecule has 0 N–H and O–H groups in total. The van der Waals surface area contributed by atoms with Crippen LogP contribution in [0, 0.1) is 0 Å². The van der Waals surface area contributed by atoms with Gasteiger partial charge in [0.1, 0.15) is 17.7 Å². The molecule has 0 aliphatic heterocycles. The first-order valence-corrected chi connectivity index (χ1v) is 6.14. The zero-order valence-electron chi connectivity index (χ0n) is 10.3. The first-order valence-electron chi connectivity index (χ1n) is 5.26. The molecular formula is C10H11N5O3S. The number of tetrazole rings is 1. The second-order valence-corrected chi connectivity index (χ2v) is 4.54. The lowest BCUT2D eigenvalue weighted by atomic mass is 10.3. The monoisotopic (exact) mass is 281 g/mol. The van der Waals surface area contributed by atoms with Crippen molar-refractivity contribution in [3.05, 3.63) is 22.7 Å². The van der Waals surface area contributed by atoms with Crippen LogP contribution in [-0.2, 0) is 9.53 Å². The highest BCUT2D eigenvalue weighted by Crippen LogP contribution is 2.21. The molecule has 0 atom stereocenters. The van der Waals surface area contributed by atoms with Crippen molar-refractivity contribution >= 4 is 23.2 Å². The number of thiophene rings is 1. The van der Waals surface area contributed by atoms with Crippen LogP contribution in [0.3, 0.4) is 0 Å². The Morgan fingerprint density at radius 2 is 2.32 bits per heavy atom. The van der Waals surface area contributed by atoms with Gasteiger partial charge in [-0.2, -0.15) is 4.68 Å². The molecule has 0 unspecified atom stereocenters. The Hall–Kier alpha value is -2.29. The molecule has 19 heavy (non-hydrogen) atoms. The van der Waals surface area contributed by atoms with Gasteiger partial charge in [-0.1, -0.05) is 0 Å². The molecule has 2 rings (SSSR count). The van der Waals surface area contributed by atoms with E-state index < -0.39 is 5.97 Å². The second kappa shape index (κ2) is 5.57. The van der Waals surface area contributed by atoms with Crippen LogP contribution in [-0.4, -0.2) is 57.7 Å². The van der Waals surface area contributed by atoms with Crippen molar-refractivity contribution in [3.8, 4) is 5.69 Å². The van der Waals surface area contributed by atoms with E-state index in [9.17, 15) is 9.59 Å². The number of nitrogens with zero attached hydrogens (tertiary/aromatic N) is 5. The Morgan fingerprint density at radius 3 is 2.95 bits per heavy atom. The molecule has 0 aliphatic rings. The average molecular weight is 281 g/mol. The van der Waals surface area contributed by atoms with Crippen LogP contribution in [0.5, 0.6) is 0 Å². The number of carbonyl (C=O) groups is 2. The van der Waals surface area contributed by atoms with Crippen LogP contribution >= 0.6 is 11.3 Å². The number of hydrogen-bond donors (Lipinski definition) is 0. The first kappa shape index (κ1) is 13.1. The zero-order chi connectivity index (χ0) is 13.8. The van der Waals surface area contributed by atoms with Gasteiger partial charge in [-0.25, -0.2) is 0 Å². The number of carbonyl (C=O) groups excluding carboxylic acids is 2. The lowest BCUT2D eigenvalue weighted by Crippen LogP contribution is -2.32. The predicted molar refractivity (Wildman–Crippen MR) is 66.0 cm³/mol. The van der Waals surface area contributed by atoms with E-state index in [1.54, 1.807) is 11.4 Å². The van der Waals surface area contributed by atoms with E-state index in [0.717, 1.165) is 0 Å². The number of methoxy groups -OCH3 is 1. The molecule has 100 valence electrons. The Kier molecular flexibility index (Phi) is 3.85. The number of ether oxygens (including phenoxy) is 1. The van der Waals surface area contributed by atoms with Gasteiger partial charge in [-0.15, -0.1) is 16.4 Å². The minimum absolute atomic E-state index is 0.109. The van der Waals surface area contributed by atoms with Gasteiger partial charge in [0.2, 0.25) is 0 Å². The summed E-state index contributed by atoms with van der Waals surface area (Å²) in [6.45, 7) is -0.109. The largest absolute Gasteiger partial charge is 0.468 e. The van der Waals surface area contributed by atoms with Gasteiger partial charge in [-0.05, 0) is 21.9 Å².